The minimum absolute atomic E-state index is 0.295. The maximum Gasteiger partial charge on any atom is 0.137 e. The van der Waals surface area contributed by atoms with E-state index >= 15 is 0 Å². The fourth-order valence-corrected chi connectivity index (χ4v) is 2.57. The fraction of sp³-hybridized carbons (Fsp3) is 0.222. The summed E-state index contributed by atoms with van der Waals surface area (Å²) in [6, 6.07) is 5.04. The van der Waals surface area contributed by atoms with Gasteiger partial charge in [-0.05, 0) is 33.1 Å². The molecule has 0 spiro atoms. The zero-order valence-corrected chi connectivity index (χ0v) is 9.82. The van der Waals surface area contributed by atoms with E-state index < -0.39 is 0 Å². The van der Waals surface area contributed by atoms with Crippen LogP contribution in [0.2, 0.25) is 0 Å². The molecular weight excluding hydrogens is 301 g/mol. The number of halogens is 3. The number of hydrogen-bond donors (Lipinski definition) is 0. The molecule has 0 amide bonds. The Kier molecular flexibility index (Phi) is 3.89. The first-order chi connectivity index (χ1) is 6.20. The first-order valence-corrected chi connectivity index (χ1v) is 5.50. The van der Waals surface area contributed by atoms with Gasteiger partial charge in [-0.25, -0.2) is 4.39 Å². The van der Waals surface area contributed by atoms with Crippen molar-refractivity contribution in [1.82, 2.24) is 0 Å². The van der Waals surface area contributed by atoms with Crippen LogP contribution in [0.5, 0.6) is 0 Å². The topological polar surface area (TPSA) is 23.8 Å². The first kappa shape index (κ1) is 10.7. The molecule has 0 fully saturated rings. The summed E-state index contributed by atoms with van der Waals surface area (Å²) in [6.07, 6.45) is 0.305. The van der Waals surface area contributed by atoms with Gasteiger partial charge in [0.2, 0.25) is 0 Å². The van der Waals surface area contributed by atoms with Gasteiger partial charge in [-0.2, -0.15) is 5.26 Å². The van der Waals surface area contributed by atoms with Gasteiger partial charge in [0.15, 0.2) is 0 Å². The van der Waals surface area contributed by atoms with Crippen LogP contribution in [0.4, 0.5) is 4.39 Å². The predicted octanol–water partition coefficient (Wildman–Crippen LogP) is 3.55. The SMILES string of the molecule is N#CCc1ccc(F)c(Br)c1CBr. The summed E-state index contributed by atoms with van der Waals surface area (Å²) >= 11 is 6.40. The number of rotatable bonds is 2. The summed E-state index contributed by atoms with van der Waals surface area (Å²) < 4.78 is 13.5. The zero-order chi connectivity index (χ0) is 9.84. The molecule has 0 unspecified atom stereocenters. The van der Waals surface area contributed by atoms with Gasteiger partial charge in [0.1, 0.15) is 5.82 Å². The van der Waals surface area contributed by atoms with Gasteiger partial charge in [0, 0.05) is 5.33 Å². The van der Waals surface area contributed by atoms with Gasteiger partial charge in [-0.3, -0.25) is 0 Å². The normalized spacial score (nSPS) is 9.69. The lowest BCUT2D eigenvalue weighted by Gasteiger charge is -2.06. The summed E-state index contributed by atoms with van der Waals surface area (Å²) in [5.41, 5.74) is 1.66. The molecule has 4 heteroatoms. The fourth-order valence-electron chi connectivity index (χ4n) is 1.03. The minimum atomic E-state index is -0.295. The van der Waals surface area contributed by atoms with Gasteiger partial charge in [-0.1, -0.05) is 22.0 Å². The number of hydrogen-bond acceptors (Lipinski definition) is 1. The summed E-state index contributed by atoms with van der Waals surface area (Å²) in [6.45, 7) is 0. The quantitative estimate of drug-likeness (QED) is 0.767. The Bertz CT molecular complexity index is 357. The molecule has 0 N–H and O–H groups in total. The smallest absolute Gasteiger partial charge is 0.137 e. The van der Waals surface area contributed by atoms with Crippen molar-refractivity contribution in [2.75, 3.05) is 0 Å². The van der Waals surface area contributed by atoms with E-state index in [2.05, 4.69) is 31.9 Å². The maximum atomic E-state index is 13.0. The Morgan fingerprint density at radius 1 is 1.46 bits per heavy atom. The van der Waals surface area contributed by atoms with Crippen molar-refractivity contribution < 1.29 is 4.39 Å². The van der Waals surface area contributed by atoms with Crippen molar-refractivity contribution in [3.05, 3.63) is 33.5 Å². The van der Waals surface area contributed by atoms with Crippen molar-refractivity contribution >= 4 is 31.9 Å². The molecule has 0 saturated carbocycles. The van der Waals surface area contributed by atoms with Crippen molar-refractivity contribution in [2.45, 2.75) is 11.8 Å². The Balaban J connectivity index is 3.23. The Hall–Kier alpha value is -0.400. The summed E-state index contributed by atoms with van der Waals surface area (Å²) in [7, 11) is 0. The summed E-state index contributed by atoms with van der Waals surface area (Å²) in [4.78, 5) is 0. The second-order valence-corrected chi connectivity index (χ2v) is 3.82. The lowest BCUT2D eigenvalue weighted by molar-refractivity contribution is 0.618. The molecule has 1 aromatic rings. The van der Waals surface area contributed by atoms with Crippen molar-refractivity contribution in [3.8, 4) is 6.07 Å². The lowest BCUT2D eigenvalue weighted by Crippen LogP contribution is -1.94. The highest BCUT2D eigenvalue weighted by Crippen LogP contribution is 2.26. The molecule has 68 valence electrons. The lowest BCUT2D eigenvalue weighted by atomic mass is 10.1. The highest BCUT2D eigenvalue weighted by atomic mass is 79.9. The van der Waals surface area contributed by atoms with Crippen LogP contribution >= 0.6 is 31.9 Å². The number of nitriles is 1. The van der Waals surface area contributed by atoms with E-state index in [4.69, 9.17) is 5.26 Å². The largest absolute Gasteiger partial charge is 0.206 e. The Morgan fingerprint density at radius 2 is 2.15 bits per heavy atom. The predicted molar refractivity (Wildman–Crippen MR) is 56.0 cm³/mol. The van der Waals surface area contributed by atoms with Crippen LogP contribution in [0.3, 0.4) is 0 Å². The number of alkyl halides is 1. The minimum Gasteiger partial charge on any atom is -0.206 e. The van der Waals surface area contributed by atoms with Gasteiger partial charge < -0.3 is 0 Å². The molecule has 1 nitrogen and oxygen atoms in total. The molecule has 0 radical (unpaired) electrons. The molecule has 0 aliphatic rings. The molecule has 0 atom stereocenters. The molecule has 0 saturated heterocycles. The van der Waals surface area contributed by atoms with E-state index in [-0.39, 0.29) is 5.82 Å². The van der Waals surface area contributed by atoms with Gasteiger partial charge in [0.05, 0.1) is 17.0 Å². The first-order valence-electron chi connectivity index (χ1n) is 3.59. The third-order valence-electron chi connectivity index (χ3n) is 1.70. The molecule has 0 aliphatic carbocycles. The number of nitrogens with zero attached hydrogens (tertiary/aromatic N) is 1. The summed E-state index contributed by atoms with van der Waals surface area (Å²) in [5, 5.41) is 9.07. The Labute approximate surface area is 92.8 Å². The average molecular weight is 307 g/mol. The monoisotopic (exact) mass is 305 g/mol. The highest BCUT2D eigenvalue weighted by molar-refractivity contribution is 9.10. The average Bonchev–Trinajstić information content (AvgIpc) is 2.12. The zero-order valence-electron chi connectivity index (χ0n) is 6.65. The van der Waals surface area contributed by atoms with Crippen LogP contribution in [0.15, 0.2) is 16.6 Å². The molecule has 0 aromatic heterocycles. The molecule has 1 aromatic carbocycles. The van der Waals surface area contributed by atoms with Crippen LogP contribution in [0, 0.1) is 17.1 Å². The highest BCUT2D eigenvalue weighted by Gasteiger charge is 2.09. The van der Waals surface area contributed by atoms with Crippen molar-refractivity contribution in [2.24, 2.45) is 0 Å². The summed E-state index contributed by atoms with van der Waals surface area (Å²) in [5.74, 6) is -0.295. The third kappa shape index (κ3) is 2.29. The van der Waals surface area contributed by atoms with Crippen LogP contribution in [-0.2, 0) is 11.8 Å². The van der Waals surface area contributed by atoms with Crippen LogP contribution < -0.4 is 0 Å². The van der Waals surface area contributed by atoms with Gasteiger partial charge in [0.25, 0.3) is 0 Å². The molecule has 0 aliphatic heterocycles. The number of benzene rings is 1. The molecule has 1 rings (SSSR count). The van der Waals surface area contributed by atoms with E-state index in [1.54, 1.807) is 6.07 Å². The van der Waals surface area contributed by atoms with Gasteiger partial charge in [-0.15, -0.1) is 0 Å². The van der Waals surface area contributed by atoms with Crippen molar-refractivity contribution in [3.63, 3.8) is 0 Å². The maximum absolute atomic E-state index is 13.0. The molecular formula is C9H6Br2FN. The molecule has 0 bridgehead atoms. The second kappa shape index (κ2) is 4.73. The van der Waals surface area contributed by atoms with E-state index in [1.807, 2.05) is 6.07 Å². The standard InChI is InChI=1S/C9H6Br2FN/c10-5-7-6(3-4-13)1-2-8(12)9(7)11/h1-2H,3,5H2. The van der Waals surface area contributed by atoms with E-state index in [9.17, 15) is 4.39 Å². The van der Waals surface area contributed by atoms with Gasteiger partial charge >= 0.3 is 0 Å². The van der Waals surface area contributed by atoms with Crippen molar-refractivity contribution in [1.29, 1.82) is 5.26 Å². The van der Waals surface area contributed by atoms with Crippen LogP contribution in [0.25, 0.3) is 0 Å². The third-order valence-corrected chi connectivity index (χ3v) is 3.11. The second-order valence-electron chi connectivity index (χ2n) is 2.47. The van der Waals surface area contributed by atoms with Crippen LogP contribution in [0.1, 0.15) is 11.1 Å². The van der Waals surface area contributed by atoms with Crippen LogP contribution in [-0.4, -0.2) is 0 Å². The molecule has 13 heavy (non-hydrogen) atoms. The van der Waals surface area contributed by atoms with E-state index in [1.165, 1.54) is 6.07 Å². The Morgan fingerprint density at radius 3 is 2.69 bits per heavy atom. The molecule has 0 heterocycles. The van der Waals surface area contributed by atoms with E-state index in [0.717, 1.165) is 11.1 Å². The van der Waals surface area contributed by atoms with E-state index in [0.29, 0.717) is 16.2 Å².